The van der Waals surface area contributed by atoms with Crippen LogP contribution in [-0.4, -0.2) is 48.0 Å². The largest absolute Gasteiger partial charge is 0.392 e. The van der Waals surface area contributed by atoms with Crippen LogP contribution in [0, 0.1) is 11.3 Å². The number of ether oxygens (including phenoxy) is 1. The van der Waals surface area contributed by atoms with Crippen molar-refractivity contribution in [1.82, 2.24) is 19.5 Å². The first-order valence-corrected chi connectivity index (χ1v) is 6.11. The van der Waals surface area contributed by atoms with Gasteiger partial charge in [0.2, 0.25) is 11.5 Å². The molecule has 3 rings (SSSR count). The van der Waals surface area contributed by atoms with Crippen LogP contribution in [0.15, 0.2) is 11.1 Å². The summed E-state index contributed by atoms with van der Waals surface area (Å²) in [7, 11) is 0. The van der Waals surface area contributed by atoms with E-state index in [0.29, 0.717) is 0 Å². The van der Waals surface area contributed by atoms with Crippen molar-refractivity contribution in [3.63, 3.8) is 0 Å². The molecule has 0 unspecified atom stereocenters. The third kappa shape index (κ3) is 1.87. The smallest absolute Gasteiger partial charge is 0.280 e. The number of aromatic amines is 1. The highest BCUT2D eigenvalue weighted by molar-refractivity contribution is 5.70. The van der Waals surface area contributed by atoms with E-state index in [2.05, 4.69) is 15.0 Å². The van der Waals surface area contributed by atoms with Gasteiger partial charge in [-0.2, -0.15) is 10.2 Å². The summed E-state index contributed by atoms with van der Waals surface area (Å²) in [5.74, 6) is -0.0819. The van der Waals surface area contributed by atoms with Gasteiger partial charge in [0.1, 0.15) is 18.4 Å². The molecule has 110 valence electrons. The third-order valence-corrected chi connectivity index (χ3v) is 3.49. The van der Waals surface area contributed by atoms with Crippen LogP contribution in [0.1, 0.15) is 12.6 Å². The van der Waals surface area contributed by atoms with Crippen LogP contribution in [0.5, 0.6) is 0 Å². The molecule has 2 aromatic rings. The number of nitrogens with one attached hydrogen (secondary N) is 1. The number of anilines is 1. The average molecular weight is 292 g/mol. The van der Waals surface area contributed by atoms with E-state index in [1.165, 1.54) is 10.9 Å². The number of fused-ring (bicyclic) bond motifs is 1. The first-order chi connectivity index (χ1) is 10.0. The summed E-state index contributed by atoms with van der Waals surface area (Å²) in [5.41, 5.74) is 3.55. The minimum absolute atomic E-state index is 0.0496. The number of rotatable bonds is 2. The molecule has 10 nitrogen and oxygen atoms in total. The van der Waals surface area contributed by atoms with Crippen LogP contribution in [0.3, 0.4) is 0 Å². The van der Waals surface area contributed by atoms with Gasteiger partial charge in [-0.25, -0.2) is 4.98 Å². The highest BCUT2D eigenvalue weighted by Crippen LogP contribution is 2.37. The molecule has 5 N–H and O–H groups in total. The fourth-order valence-corrected chi connectivity index (χ4v) is 2.35. The predicted molar refractivity (Wildman–Crippen MR) is 68.7 cm³/mol. The number of aromatic nitrogens is 4. The highest BCUT2D eigenvalue weighted by atomic mass is 16.6. The van der Waals surface area contributed by atoms with E-state index in [-0.39, 0.29) is 23.5 Å². The normalized spacial score (nSPS) is 28.8. The van der Waals surface area contributed by atoms with Gasteiger partial charge in [-0.05, 0) is 0 Å². The number of H-pyrrole nitrogens is 1. The molecule has 1 fully saturated rings. The van der Waals surface area contributed by atoms with Crippen LogP contribution in [0.4, 0.5) is 5.95 Å². The summed E-state index contributed by atoms with van der Waals surface area (Å²) in [6.07, 6.45) is -0.595. The van der Waals surface area contributed by atoms with Crippen molar-refractivity contribution in [3.8, 4) is 6.07 Å². The number of nitrogen functional groups attached to an aromatic ring is 1. The van der Waals surface area contributed by atoms with Gasteiger partial charge >= 0.3 is 0 Å². The lowest BCUT2D eigenvalue weighted by molar-refractivity contribution is -0.0904. The number of hydrogen-bond donors (Lipinski definition) is 4. The number of aliphatic hydroxyl groups excluding tert-OH is 2. The Kier molecular flexibility index (Phi) is 2.91. The lowest BCUT2D eigenvalue weighted by Gasteiger charge is -2.21. The van der Waals surface area contributed by atoms with Crippen LogP contribution < -0.4 is 11.3 Å². The van der Waals surface area contributed by atoms with E-state index in [1.807, 2.05) is 0 Å². The Morgan fingerprint density at radius 2 is 2.48 bits per heavy atom. The SMILES string of the molecule is N#C[C@@]1(CO)O[C@H](n2cnc3c(=O)[nH]c(N)nc32)C[C@H]1O. The number of nitrogens with zero attached hydrogens (tertiary/aromatic N) is 4. The lowest BCUT2D eigenvalue weighted by Crippen LogP contribution is -2.41. The molecule has 0 bridgehead atoms. The van der Waals surface area contributed by atoms with Crippen LogP contribution in [-0.2, 0) is 4.74 Å². The van der Waals surface area contributed by atoms with Crippen molar-refractivity contribution in [3.05, 3.63) is 16.7 Å². The molecule has 1 aliphatic heterocycles. The summed E-state index contributed by atoms with van der Waals surface area (Å²) in [6, 6.07) is 1.77. The summed E-state index contributed by atoms with van der Waals surface area (Å²) in [5, 5.41) is 28.3. The van der Waals surface area contributed by atoms with Gasteiger partial charge in [0.05, 0.1) is 12.9 Å². The highest BCUT2D eigenvalue weighted by Gasteiger charge is 2.49. The molecule has 0 spiro atoms. The van der Waals surface area contributed by atoms with Gasteiger partial charge < -0.3 is 20.7 Å². The van der Waals surface area contributed by atoms with Crippen molar-refractivity contribution in [2.45, 2.75) is 24.4 Å². The monoisotopic (exact) mass is 292 g/mol. The predicted octanol–water partition coefficient (Wildman–Crippen LogP) is -1.76. The maximum absolute atomic E-state index is 11.7. The molecular formula is C11H12N6O4. The Balaban J connectivity index is 2.07. The molecule has 0 aromatic carbocycles. The Bertz CT molecular complexity index is 792. The first-order valence-electron chi connectivity index (χ1n) is 6.11. The maximum Gasteiger partial charge on any atom is 0.280 e. The first kappa shape index (κ1) is 13.5. The van der Waals surface area contributed by atoms with E-state index >= 15 is 0 Å². The minimum Gasteiger partial charge on any atom is -0.392 e. The van der Waals surface area contributed by atoms with Crippen molar-refractivity contribution in [2.24, 2.45) is 0 Å². The summed E-state index contributed by atoms with van der Waals surface area (Å²) in [6.45, 7) is -0.649. The van der Waals surface area contributed by atoms with Crippen molar-refractivity contribution < 1.29 is 14.9 Å². The molecule has 3 heterocycles. The van der Waals surface area contributed by atoms with Crippen molar-refractivity contribution >= 4 is 17.1 Å². The van der Waals surface area contributed by atoms with E-state index in [9.17, 15) is 15.0 Å². The zero-order valence-electron chi connectivity index (χ0n) is 10.7. The molecule has 3 atom stereocenters. The van der Waals surface area contributed by atoms with Gasteiger partial charge in [0, 0.05) is 6.42 Å². The average Bonchev–Trinajstić information content (AvgIpc) is 3.00. The zero-order chi connectivity index (χ0) is 15.2. The molecular weight excluding hydrogens is 280 g/mol. The number of imidazole rings is 1. The summed E-state index contributed by atoms with van der Waals surface area (Å²) < 4.78 is 6.86. The van der Waals surface area contributed by atoms with Gasteiger partial charge in [0.25, 0.3) is 5.56 Å². The second kappa shape index (κ2) is 4.52. The van der Waals surface area contributed by atoms with Gasteiger partial charge in [-0.3, -0.25) is 14.3 Å². The molecule has 1 saturated heterocycles. The fraction of sp³-hybridized carbons (Fsp3) is 0.455. The topological polar surface area (TPSA) is 163 Å². The molecule has 2 aromatic heterocycles. The van der Waals surface area contributed by atoms with E-state index in [4.69, 9.17) is 15.7 Å². The van der Waals surface area contributed by atoms with Gasteiger partial charge in [-0.1, -0.05) is 0 Å². The van der Waals surface area contributed by atoms with Gasteiger partial charge in [-0.15, -0.1) is 0 Å². The molecule has 21 heavy (non-hydrogen) atoms. The molecule has 10 heteroatoms. The molecule has 0 aliphatic carbocycles. The fourth-order valence-electron chi connectivity index (χ4n) is 2.35. The van der Waals surface area contributed by atoms with Crippen LogP contribution >= 0.6 is 0 Å². The number of nitriles is 1. The molecule has 1 aliphatic rings. The van der Waals surface area contributed by atoms with E-state index in [1.54, 1.807) is 6.07 Å². The van der Waals surface area contributed by atoms with E-state index < -0.39 is 30.1 Å². The van der Waals surface area contributed by atoms with Gasteiger partial charge in [0.15, 0.2) is 11.2 Å². The van der Waals surface area contributed by atoms with Crippen molar-refractivity contribution in [2.75, 3.05) is 12.3 Å². The Morgan fingerprint density at radius 3 is 3.10 bits per heavy atom. The number of hydrogen-bond acceptors (Lipinski definition) is 8. The summed E-state index contributed by atoms with van der Waals surface area (Å²) in [4.78, 5) is 21.9. The Labute approximate surface area is 117 Å². The molecule has 0 saturated carbocycles. The minimum atomic E-state index is -1.70. The molecule has 0 amide bonds. The van der Waals surface area contributed by atoms with Crippen LogP contribution in [0.25, 0.3) is 11.2 Å². The third-order valence-electron chi connectivity index (χ3n) is 3.49. The quantitative estimate of drug-likeness (QED) is 0.505. The number of aliphatic hydroxyl groups is 2. The molecule has 0 radical (unpaired) electrons. The van der Waals surface area contributed by atoms with E-state index in [0.717, 1.165) is 0 Å². The second-order valence-electron chi connectivity index (χ2n) is 4.76. The second-order valence-corrected chi connectivity index (χ2v) is 4.76. The van der Waals surface area contributed by atoms with Crippen LogP contribution in [0.2, 0.25) is 0 Å². The Hall–Kier alpha value is -2.48. The summed E-state index contributed by atoms with van der Waals surface area (Å²) >= 11 is 0. The lowest BCUT2D eigenvalue weighted by atomic mass is 10.00. The standard InChI is InChI=1S/C11H12N6O4/c12-2-11(3-18)5(19)1-6(21-11)17-4-14-7-8(17)15-10(13)16-9(7)20/h4-6,18-19H,1,3H2,(H3,13,15,16,20)/t5-,6+,11+/m1/s1. The van der Waals surface area contributed by atoms with Crippen molar-refractivity contribution in [1.29, 1.82) is 5.26 Å². The maximum atomic E-state index is 11.7. The number of nitrogens with two attached hydrogens (primary N) is 1. The zero-order valence-corrected chi connectivity index (χ0v) is 10.7. The Morgan fingerprint density at radius 1 is 1.71 bits per heavy atom.